The molecule has 3 aromatic carbocycles. The van der Waals surface area contributed by atoms with Crippen molar-refractivity contribution in [1.29, 1.82) is 0 Å². The van der Waals surface area contributed by atoms with Crippen molar-refractivity contribution in [2.75, 3.05) is 0 Å². The van der Waals surface area contributed by atoms with Crippen LogP contribution in [0.1, 0.15) is 28.3 Å². The Hall–Kier alpha value is -2.50. The molecule has 0 bridgehead atoms. The first kappa shape index (κ1) is 18.3. The van der Waals surface area contributed by atoms with Gasteiger partial charge in [-0.25, -0.2) is 12.8 Å². The normalized spacial score (nSPS) is 12.7. The molecular formula is C21H20FNO2S. The lowest BCUT2D eigenvalue weighted by Crippen LogP contribution is -2.30. The van der Waals surface area contributed by atoms with E-state index in [1.165, 1.54) is 12.1 Å². The number of benzene rings is 3. The molecule has 26 heavy (non-hydrogen) atoms. The first-order valence-electron chi connectivity index (χ1n) is 8.27. The molecule has 1 N–H and O–H groups in total. The smallest absolute Gasteiger partial charge is 0.207 e. The summed E-state index contributed by atoms with van der Waals surface area (Å²) in [4.78, 5) is 0.0772. The van der Waals surface area contributed by atoms with Crippen LogP contribution in [-0.4, -0.2) is 8.42 Å². The first-order valence-corrected chi connectivity index (χ1v) is 9.76. The molecular weight excluding hydrogens is 349 g/mol. The van der Waals surface area contributed by atoms with Crippen LogP contribution in [-0.2, 0) is 10.0 Å². The summed E-state index contributed by atoms with van der Waals surface area (Å²) in [5, 5.41) is 0. The van der Waals surface area contributed by atoms with Crippen LogP contribution in [0.15, 0.2) is 77.7 Å². The Morgan fingerprint density at radius 1 is 0.846 bits per heavy atom. The predicted molar refractivity (Wildman–Crippen MR) is 101 cm³/mol. The zero-order valence-corrected chi connectivity index (χ0v) is 15.4. The summed E-state index contributed by atoms with van der Waals surface area (Å²) < 4.78 is 42.2. The second-order valence-electron chi connectivity index (χ2n) is 6.23. The highest BCUT2D eigenvalue weighted by Crippen LogP contribution is 2.27. The standard InChI is InChI=1S/C21H20FNO2S/c1-15-8-6-7-11-19(15)21(17-9-4-3-5-10-17)23-26(24,25)20-13-12-18(22)14-16(20)2/h3-14,21,23H,1-2H3/t21-/m1/s1. The van der Waals surface area contributed by atoms with Crippen LogP contribution in [0, 0.1) is 19.7 Å². The molecule has 0 aliphatic carbocycles. The molecule has 0 aliphatic rings. The maximum absolute atomic E-state index is 13.4. The van der Waals surface area contributed by atoms with Crippen molar-refractivity contribution in [2.24, 2.45) is 0 Å². The van der Waals surface area contributed by atoms with Gasteiger partial charge in [0.2, 0.25) is 10.0 Å². The fourth-order valence-electron chi connectivity index (χ4n) is 3.00. The molecule has 0 amide bonds. The lowest BCUT2D eigenvalue weighted by atomic mass is 9.96. The van der Waals surface area contributed by atoms with Gasteiger partial charge in [-0.3, -0.25) is 0 Å². The summed E-state index contributed by atoms with van der Waals surface area (Å²) in [7, 11) is -3.84. The maximum atomic E-state index is 13.4. The van der Waals surface area contributed by atoms with E-state index in [0.29, 0.717) is 5.56 Å². The molecule has 3 nitrogen and oxygen atoms in total. The van der Waals surface area contributed by atoms with E-state index in [4.69, 9.17) is 0 Å². The van der Waals surface area contributed by atoms with E-state index in [9.17, 15) is 12.8 Å². The van der Waals surface area contributed by atoms with E-state index in [2.05, 4.69) is 4.72 Å². The summed E-state index contributed by atoms with van der Waals surface area (Å²) >= 11 is 0. The zero-order chi connectivity index (χ0) is 18.7. The third kappa shape index (κ3) is 3.84. The van der Waals surface area contributed by atoms with E-state index >= 15 is 0 Å². The van der Waals surface area contributed by atoms with Crippen molar-refractivity contribution in [3.63, 3.8) is 0 Å². The molecule has 0 saturated heterocycles. The summed E-state index contributed by atoms with van der Waals surface area (Å²) in [6.07, 6.45) is 0. The minimum Gasteiger partial charge on any atom is -0.207 e. The summed E-state index contributed by atoms with van der Waals surface area (Å²) in [5.41, 5.74) is 3.07. The highest BCUT2D eigenvalue weighted by molar-refractivity contribution is 7.89. The van der Waals surface area contributed by atoms with Crippen molar-refractivity contribution in [3.8, 4) is 0 Å². The Bertz CT molecular complexity index is 1020. The molecule has 0 aliphatic heterocycles. The topological polar surface area (TPSA) is 46.2 Å². The van der Waals surface area contributed by atoms with Crippen molar-refractivity contribution in [1.82, 2.24) is 4.72 Å². The van der Waals surface area contributed by atoms with Gasteiger partial charge >= 0.3 is 0 Å². The number of rotatable bonds is 5. The van der Waals surface area contributed by atoms with Gasteiger partial charge in [0.1, 0.15) is 5.82 Å². The van der Waals surface area contributed by atoms with E-state index in [-0.39, 0.29) is 4.90 Å². The van der Waals surface area contributed by atoms with Crippen LogP contribution in [0.25, 0.3) is 0 Å². The van der Waals surface area contributed by atoms with Gasteiger partial charge in [-0.15, -0.1) is 0 Å². The monoisotopic (exact) mass is 369 g/mol. The van der Waals surface area contributed by atoms with Crippen LogP contribution in [0.2, 0.25) is 0 Å². The van der Waals surface area contributed by atoms with Crippen molar-refractivity contribution < 1.29 is 12.8 Å². The Morgan fingerprint density at radius 3 is 2.15 bits per heavy atom. The molecule has 0 saturated carbocycles. The van der Waals surface area contributed by atoms with Crippen LogP contribution in [0.3, 0.4) is 0 Å². The minimum atomic E-state index is -3.84. The summed E-state index contributed by atoms with van der Waals surface area (Å²) in [6, 6.07) is 20.2. The van der Waals surface area contributed by atoms with Gasteiger partial charge in [0.15, 0.2) is 0 Å². The number of hydrogen-bond donors (Lipinski definition) is 1. The van der Waals surface area contributed by atoms with Crippen LogP contribution >= 0.6 is 0 Å². The van der Waals surface area contributed by atoms with Crippen LogP contribution in [0.4, 0.5) is 4.39 Å². The first-order chi connectivity index (χ1) is 12.4. The second-order valence-corrected chi connectivity index (χ2v) is 7.91. The lowest BCUT2D eigenvalue weighted by molar-refractivity contribution is 0.570. The molecule has 0 spiro atoms. The molecule has 0 fully saturated rings. The number of halogens is 1. The number of hydrogen-bond acceptors (Lipinski definition) is 2. The van der Waals surface area contributed by atoms with Crippen molar-refractivity contribution in [3.05, 3.63) is 101 Å². The van der Waals surface area contributed by atoms with Crippen molar-refractivity contribution in [2.45, 2.75) is 24.8 Å². The summed E-state index contributed by atoms with van der Waals surface area (Å²) in [6.45, 7) is 3.53. The van der Waals surface area contributed by atoms with Gasteiger partial charge in [0.25, 0.3) is 0 Å². The third-order valence-corrected chi connectivity index (χ3v) is 5.91. The van der Waals surface area contributed by atoms with Gasteiger partial charge in [0, 0.05) is 0 Å². The van der Waals surface area contributed by atoms with E-state index < -0.39 is 21.9 Å². The largest absolute Gasteiger partial charge is 0.241 e. The Kier molecular flexibility index (Phi) is 5.20. The SMILES string of the molecule is Cc1ccccc1[C@H](NS(=O)(=O)c1ccc(F)cc1C)c1ccccc1. The number of nitrogens with one attached hydrogen (secondary N) is 1. The quantitative estimate of drug-likeness (QED) is 0.719. The van der Waals surface area contributed by atoms with E-state index in [1.54, 1.807) is 6.92 Å². The molecule has 0 unspecified atom stereocenters. The molecule has 0 heterocycles. The number of aryl methyl sites for hydroxylation is 2. The van der Waals surface area contributed by atoms with Crippen molar-refractivity contribution >= 4 is 10.0 Å². The number of sulfonamides is 1. The second kappa shape index (κ2) is 7.40. The van der Waals surface area contributed by atoms with Crippen LogP contribution < -0.4 is 4.72 Å². The Morgan fingerprint density at radius 2 is 1.50 bits per heavy atom. The fourth-order valence-corrected chi connectivity index (χ4v) is 4.43. The molecule has 3 aromatic rings. The van der Waals surface area contributed by atoms with Gasteiger partial charge in [-0.1, -0.05) is 54.6 Å². The molecule has 134 valence electrons. The average Bonchev–Trinajstić information content (AvgIpc) is 2.61. The van der Waals surface area contributed by atoms with E-state index in [0.717, 1.165) is 22.8 Å². The Labute approximate surface area is 153 Å². The third-order valence-electron chi connectivity index (χ3n) is 4.33. The highest BCUT2D eigenvalue weighted by atomic mass is 32.2. The highest BCUT2D eigenvalue weighted by Gasteiger charge is 2.25. The lowest BCUT2D eigenvalue weighted by Gasteiger charge is -2.22. The molecule has 1 atom stereocenters. The molecule has 5 heteroatoms. The molecule has 0 aromatic heterocycles. The Balaban J connectivity index is 2.07. The molecule has 3 rings (SSSR count). The minimum absolute atomic E-state index is 0.0772. The zero-order valence-electron chi connectivity index (χ0n) is 14.6. The fraction of sp³-hybridized carbons (Fsp3) is 0.143. The summed E-state index contributed by atoms with van der Waals surface area (Å²) in [5.74, 6) is -0.458. The van der Waals surface area contributed by atoms with Gasteiger partial charge in [-0.2, -0.15) is 4.72 Å². The van der Waals surface area contributed by atoms with Crippen LogP contribution in [0.5, 0.6) is 0 Å². The average molecular weight is 369 g/mol. The molecule has 0 radical (unpaired) electrons. The predicted octanol–water partition coefficient (Wildman–Crippen LogP) is 4.51. The van der Waals surface area contributed by atoms with E-state index in [1.807, 2.05) is 61.5 Å². The van der Waals surface area contributed by atoms with Gasteiger partial charge in [0.05, 0.1) is 10.9 Å². The van der Waals surface area contributed by atoms with Gasteiger partial charge < -0.3 is 0 Å². The van der Waals surface area contributed by atoms with Gasteiger partial charge in [-0.05, 0) is 54.3 Å². The maximum Gasteiger partial charge on any atom is 0.241 e.